The first-order chi connectivity index (χ1) is 32.5. The van der Waals surface area contributed by atoms with Crippen LogP contribution in [0.3, 0.4) is 0 Å². The predicted octanol–water partition coefficient (Wildman–Crippen LogP) is 18.1. The molecule has 0 radical (unpaired) electrons. The third-order valence-corrected chi connectivity index (χ3v) is 11.4. The molecule has 0 bridgehead atoms. The number of hydrogen-bond acceptors (Lipinski definition) is 6. The molecule has 1 unspecified atom stereocenters. The molecule has 376 valence electrons. The third-order valence-electron chi connectivity index (χ3n) is 11.4. The molecular weight excluding hydrogens is 817 g/mol. The quantitative estimate of drug-likeness (QED) is 0.0199. The van der Waals surface area contributed by atoms with Crippen LogP contribution in [0.25, 0.3) is 0 Å². The Balaban J connectivity index is 4.45. The fourth-order valence-electron chi connectivity index (χ4n) is 7.35. The van der Waals surface area contributed by atoms with Crippen LogP contribution in [0.4, 0.5) is 0 Å². The second-order valence-electron chi connectivity index (χ2n) is 17.8. The molecule has 0 aliphatic rings. The van der Waals surface area contributed by atoms with E-state index in [0.717, 1.165) is 122 Å². The normalized spacial score (nSPS) is 12.8. The van der Waals surface area contributed by atoms with Gasteiger partial charge in [-0.2, -0.15) is 0 Å². The molecule has 0 amide bonds. The maximum Gasteiger partial charge on any atom is 0.306 e. The molecule has 66 heavy (non-hydrogen) atoms. The van der Waals surface area contributed by atoms with E-state index in [4.69, 9.17) is 14.2 Å². The molecule has 0 aromatic rings. The van der Waals surface area contributed by atoms with E-state index in [1.165, 1.54) is 83.5 Å². The Kier molecular flexibility index (Phi) is 50.9. The Morgan fingerprint density at radius 1 is 0.333 bits per heavy atom. The first-order valence-electron chi connectivity index (χ1n) is 27.3. The monoisotopic (exact) mass is 917 g/mol. The van der Waals surface area contributed by atoms with Gasteiger partial charge in [0.05, 0.1) is 0 Å². The van der Waals surface area contributed by atoms with E-state index in [-0.39, 0.29) is 31.1 Å². The Hall–Kier alpha value is -3.67. The molecule has 0 N–H and O–H groups in total. The summed E-state index contributed by atoms with van der Waals surface area (Å²) in [4.78, 5) is 38.1. The summed E-state index contributed by atoms with van der Waals surface area (Å²) in [6.07, 6.45) is 71.1. The Morgan fingerprint density at radius 3 is 1.11 bits per heavy atom. The summed E-state index contributed by atoms with van der Waals surface area (Å²) in [5.74, 6) is -0.947. The molecule has 0 aliphatic carbocycles. The lowest BCUT2D eigenvalue weighted by Gasteiger charge is -2.18. The van der Waals surface area contributed by atoms with Crippen LogP contribution < -0.4 is 0 Å². The Bertz CT molecular complexity index is 1330. The fraction of sp³-hybridized carbons (Fsp3) is 0.683. The van der Waals surface area contributed by atoms with Crippen molar-refractivity contribution in [1.82, 2.24) is 0 Å². The number of ether oxygens (including phenoxy) is 3. The number of rotatable bonds is 48. The fourth-order valence-corrected chi connectivity index (χ4v) is 7.35. The number of esters is 3. The van der Waals surface area contributed by atoms with Crippen LogP contribution in [0.15, 0.2) is 97.2 Å². The van der Waals surface area contributed by atoms with E-state index in [9.17, 15) is 14.4 Å². The smallest absolute Gasteiger partial charge is 0.306 e. The molecule has 0 rings (SSSR count). The Morgan fingerprint density at radius 2 is 0.667 bits per heavy atom. The molecule has 0 fully saturated rings. The zero-order valence-corrected chi connectivity index (χ0v) is 42.9. The van der Waals surface area contributed by atoms with E-state index in [1.54, 1.807) is 0 Å². The first-order valence-corrected chi connectivity index (χ1v) is 27.3. The van der Waals surface area contributed by atoms with E-state index in [1.807, 2.05) is 0 Å². The SMILES string of the molecule is CC/C=C/C=C/C=C/CCCCCCCC(=O)OCC(COC(=O)CCCCC/C=C/C/C=C/C/C=C/C/C=C/C/C=C/CC)OC(=O)CCCCCCCCCCCCCCCCCC. The predicted molar refractivity (Wildman–Crippen MR) is 284 cm³/mol. The van der Waals surface area contributed by atoms with Crippen molar-refractivity contribution >= 4 is 17.9 Å². The molecule has 0 aromatic heterocycles. The van der Waals surface area contributed by atoms with E-state index in [0.29, 0.717) is 19.3 Å². The number of carbonyl (C=O) groups excluding carboxylic acids is 3. The first kappa shape index (κ1) is 62.3. The molecule has 0 spiro atoms. The van der Waals surface area contributed by atoms with Crippen molar-refractivity contribution in [2.24, 2.45) is 0 Å². The number of unbranched alkanes of at least 4 members (excludes halogenated alkanes) is 23. The number of hydrogen-bond donors (Lipinski definition) is 0. The maximum atomic E-state index is 12.8. The van der Waals surface area contributed by atoms with Crippen LogP contribution in [0.5, 0.6) is 0 Å². The Labute approximate surface area is 407 Å². The van der Waals surface area contributed by atoms with E-state index in [2.05, 4.69) is 118 Å². The minimum Gasteiger partial charge on any atom is -0.462 e. The lowest BCUT2D eigenvalue weighted by atomic mass is 10.0. The van der Waals surface area contributed by atoms with Crippen LogP contribution in [0.1, 0.15) is 245 Å². The summed E-state index contributed by atoms with van der Waals surface area (Å²) < 4.78 is 16.8. The van der Waals surface area contributed by atoms with Crippen molar-refractivity contribution in [1.29, 1.82) is 0 Å². The number of allylic oxidation sites excluding steroid dienone is 16. The van der Waals surface area contributed by atoms with Gasteiger partial charge in [0, 0.05) is 19.3 Å². The molecule has 6 heteroatoms. The average molecular weight is 917 g/mol. The van der Waals surface area contributed by atoms with Crippen LogP contribution in [0, 0.1) is 0 Å². The number of carbonyl (C=O) groups is 3. The highest BCUT2D eigenvalue weighted by atomic mass is 16.6. The summed E-state index contributed by atoms with van der Waals surface area (Å²) in [6.45, 7) is 6.35. The zero-order chi connectivity index (χ0) is 47.9. The van der Waals surface area contributed by atoms with Gasteiger partial charge in [-0.25, -0.2) is 0 Å². The van der Waals surface area contributed by atoms with Crippen LogP contribution in [-0.2, 0) is 28.6 Å². The highest BCUT2D eigenvalue weighted by molar-refractivity contribution is 5.71. The lowest BCUT2D eigenvalue weighted by molar-refractivity contribution is -0.167. The molecule has 0 heterocycles. The van der Waals surface area contributed by atoms with Crippen molar-refractivity contribution < 1.29 is 28.6 Å². The molecule has 0 aromatic carbocycles. The minimum absolute atomic E-state index is 0.0981. The molecule has 0 aliphatic heterocycles. The van der Waals surface area contributed by atoms with Gasteiger partial charge in [-0.1, -0.05) is 240 Å². The van der Waals surface area contributed by atoms with Crippen molar-refractivity contribution in [2.45, 2.75) is 252 Å². The van der Waals surface area contributed by atoms with Gasteiger partial charge in [0.2, 0.25) is 0 Å². The maximum absolute atomic E-state index is 12.8. The van der Waals surface area contributed by atoms with Crippen molar-refractivity contribution in [2.75, 3.05) is 13.2 Å². The summed E-state index contributed by atoms with van der Waals surface area (Å²) in [6, 6.07) is 0. The van der Waals surface area contributed by atoms with Crippen molar-refractivity contribution in [3.63, 3.8) is 0 Å². The minimum atomic E-state index is -0.799. The van der Waals surface area contributed by atoms with Crippen molar-refractivity contribution in [3.05, 3.63) is 97.2 Å². The summed E-state index contributed by atoms with van der Waals surface area (Å²) in [5, 5.41) is 0. The highest BCUT2D eigenvalue weighted by Crippen LogP contribution is 2.15. The van der Waals surface area contributed by atoms with Gasteiger partial charge >= 0.3 is 17.9 Å². The van der Waals surface area contributed by atoms with Crippen LogP contribution in [0.2, 0.25) is 0 Å². The molecule has 0 saturated heterocycles. The lowest BCUT2D eigenvalue weighted by Crippen LogP contribution is -2.30. The average Bonchev–Trinajstić information content (AvgIpc) is 3.31. The third kappa shape index (κ3) is 51.3. The van der Waals surface area contributed by atoms with Gasteiger partial charge < -0.3 is 14.2 Å². The van der Waals surface area contributed by atoms with Crippen LogP contribution >= 0.6 is 0 Å². The summed E-state index contributed by atoms with van der Waals surface area (Å²) in [5.41, 5.74) is 0. The van der Waals surface area contributed by atoms with Gasteiger partial charge in [0.1, 0.15) is 13.2 Å². The molecular formula is C60H100O6. The van der Waals surface area contributed by atoms with Gasteiger partial charge in [-0.15, -0.1) is 0 Å². The second kappa shape index (κ2) is 53.9. The van der Waals surface area contributed by atoms with Gasteiger partial charge in [0.25, 0.3) is 0 Å². The summed E-state index contributed by atoms with van der Waals surface area (Å²) >= 11 is 0. The van der Waals surface area contributed by atoms with E-state index < -0.39 is 6.10 Å². The largest absolute Gasteiger partial charge is 0.462 e. The molecule has 6 nitrogen and oxygen atoms in total. The van der Waals surface area contributed by atoms with Gasteiger partial charge in [-0.05, 0) is 83.5 Å². The highest BCUT2D eigenvalue weighted by Gasteiger charge is 2.19. The molecule has 0 saturated carbocycles. The van der Waals surface area contributed by atoms with E-state index >= 15 is 0 Å². The molecule has 1 atom stereocenters. The zero-order valence-electron chi connectivity index (χ0n) is 42.9. The standard InChI is InChI=1S/C60H100O6/c1-4-7-10-13-16-19-22-25-27-29-30-31-33-35-38-41-44-47-50-53-59(62)65-56-57(55-64-58(61)52-49-46-43-40-37-34-24-21-18-15-12-9-6-3)66-60(63)54-51-48-45-42-39-36-32-28-26-23-20-17-14-11-8-5-2/h7,9-10,12,15-16,18-19,21,24-25,27,30-31,35,38,57H,4-6,8,11,13-14,17,20,22-23,26,28-29,32-34,36-37,39-56H2,1-3H3/b10-7+,12-9+,18-15+,19-16+,24-21+,27-25+,31-30+,38-35+. The summed E-state index contributed by atoms with van der Waals surface area (Å²) in [7, 11) is 0. The van der Waals surface area contributed by atoms with Gasteiger partial charge in [-0.3, -0.25) is 14.4 Å². The topological polar surface area (TPSA) is 78.9 Å². The van der Waals surface area contributed by atoms with Crippen LogP contribution in [-0.4, -0.2) is 37.2 Å². The van der Waals surface area contributed by atoms with Crippen molar-refractivity contribution in [3.8, 4) is 0 Å². The van der Waals surface area contributed by atoms with Gasteiger partial charge in [0.15, 0.2) is 6.10 Å². The second-order valence-corrected chi connectivity index (χ2v) is 17.8.